The van der Waals surface area contributed by atoms with Gasteiger partial charge in [0.25, 0.3) is 0 Å². The van der Waals surface area contributed by atoms with E-state index in [1.54, 1.807) is 12.3 Å². The number of hydrogen-bond acceptors (Lipinski definition) is 2. The van der Waals surface area contributed by atoms with Crippen LogP contribution in [-0.4, -0.2) is 17.8 Å². The zero-order valence-corrected chi connectivity index (χ0v) is 6.87. The third-order valence-corrected chi connectivity index (χ3v) is 1.22. The zero-order chi connectivity index (χ0) is 7.98. The number of aliphatic hydroxyl groups excluding tert-OH is 1. The summed E-state index contributed by atoms with van der Waals surface area (Å²) in [5, 5.41) is 9.19. The van der Waals surface area contributed by atoms with Crippen molar-refractivity contribution in [2.24, 2.45) is 5.92 Å². The molecule has 0 aromatic rings. The van der Waals surface area contributed by atoms with E-state index in [0.29, 0.717) is 6.61 Å². The minimum atomic E-state index is -0.383. The summed E-state index contributed by atoms with van der Waals surface area (Å²) in [4.78, 5) is 0. The first kappa shape index (κ1) is 9.50. The van der Waals surface area contributed by atoms with Gasteiger partial charge in [0.2, 0.25) is 0 Å². The highest BCUT2D eigenvalue weighted by atomic mass is 16.5. The van der Waals surface area contributed by atoms with E-state index in [4.69, 9.17) is 4.74 Å². The summed E-state index contributed by atoms with van der Waals surface area (Å²) < 4.78 is 4.91. The second-order valence-corrected chi connectivity index (χ2v) is 2.52. The predicted molar refractivity (Wildman–Crippen MR) is 41.6 cm³/mol. The van der Waals surface area contributed by atoms with Gasteiger partial charge in [0.15, 0.2) is 0 Å². The molecule has 0 aromatic carbocycles. The second-order valence-electron chi connectivity index (χ2n) is 2.52. The molecule has 0 spiro atoms. The fourth-order valence-corrected chi connectivity index (χ4v) is 0.455. The predicted octanol–water partition coefficient (Wildman–Crippen LogP) is 1.55. The largest absolute Gasteiger partial charge is 0.502 e. The molecule has 0 heterocycles. The highest BCUT2D eigenvalue weighted by Gasteiger charge is 2.02. The molecule has 2 nitrogen and oxygen atoms in total. The lowest BCUT2D eigenvalue weighted by molar-refractivity contribution is 0.165. The van der Waals surface area contributed by atoms with Crippen LogP contribution >= 0.6 is 0 Å². The number of hydrogen-bond donors (Lipinski definition) is 1. The van der Waals surface area contributed by atoms with Gasteiger partial charge >= 0.3 is 0 Å². The molecule has 0 saturated carbocycles. The topological polar surface area (TPSA) is 29.5 Å². The van der Waals surface area contributed by atoms with E-state index in [0.717, 1.165) is 0 Å². The number of rotatable bonds is 4. The van der Waals surface area contributed by atoms with Crippen LogP contribution < -0.4 is 0 Å². The van der Waals surface area contributed by atoms with Gasteiger partial charge in [-0.3, -0.25) is 0 Å². The first-order chi connectivity index (χ1) is 4.68. The number of ether oxygens (including phenoxy) is 1. The van der Waals surface area contributed by atoms with Crippen molar-refractivity contribution in [2.75, 3.05) is 6.61 Å². The van der Waals surface area contributed by atoms with Crippen molar-refractivity contribution in [3.63, 3.8) is 0 Å². The Labute approximate surface area is 62.5 Å². The molecule has 1 N–H and O–H groups in total. The Balaban J connectivity index is 3.45. The second kappa shape index (κ2) is 5.30. The minimum Gasteiger partial charge on any atom is -0.502 e. The summed E-state index contributed by atoms with van der Waals surface area (Å²) in [6, 6.07) is 0. The van der Waals surface area contributed by atoms with Crippen molar-refractivity contribution < 1.29 is 9.84 Å². The summed E-state index contributed by atoms with van der Waals surface area (Å²) in [7, 11) is 0. The Morgan fingerprint density at radius 1 is 1.50 bits per heavy atom. The van der Waals surface area contributed by atoms with Crippen molar-refractivity contribution in [3.8, 4) is 0 Å². The van der Waals surface area contributed by atoms with Gasteiger partial charge < -0.3 is 9.84 Å². The zero-order valence-electron chi connectivity index (χ0n) is 6.87. The maximum atomic E-state index is 9.19. The average molecular weight is 144 g/mol. The highest BCUT2D eigenvalue weighted by molar-refractivity contribution is 4.84. The van der Waals surface area contributed by atoms with E-state index in [1.807, 2.05) is 20.8 Å². The summed E-state index contributed by atoms with van der Waals surface area (Å²) in [6.45, 7) is 6.48. The maximum absolute atomic E-state index is 9.19. The molecular formula is C8H16O2. The summed E-state index contributed by atoms with van der Waals surface area (Å²) in [5.74, 6) is 0.261. The van der Waals surface area contributed by atoms with Gasteiger partial charge in [-0.2, -0.15) is 0 Å². The molecule has 60 valence electrons. The molecule has 0 rings (SSSR count). The van der Waals surface area contributed by atoms with Gasteiger partial charge in [-0.25, -0.2) is 0 Å². The van der Waals surface area contributed by atoms with Crippen LogP contribution in [-0.2, 0) is 4.74 Å². The summed E-state index contributed by atoms with van der Waals surface area (Å²) in [5.41, 5.74) is 0. The molecule has 10 heavy (non-hydrogen) atoms. The molecule has 0 aromatic heterocycles. The Morgan fingerprint density at radius 2 is 2.10 bits per heavy atom. The van der Waals surface area contributed by atoms with Crippen LogP contribution in [0.5, 0.6) is 0 Å². The smallest absolute Gasteiger partial charge is 0.0845 e. The van der Waals surface area contributed by atoms with E-state index >= 15 is 0 Å². The van der Waals surface area contributed by atoms with Crippen molar-refractivity contribution in [1.29, 1.82) is 0 Å². The van der Waals surface area contributed by atoms with Crippen LogP contribution in [0, 0.1) is 5.92 Å². The molecule has 0 aliphatic carbocycles. The van der Waals surface area contributed by atoms with Crippen LogP contribution in [0.25, 0.3) is 0 Å². The molecule has 0 amide bonds. The lowest BCUT2D eigenvalue weighted by atomic mass is 10.1. The average Bonchev–Trinajstić information content (AvgIpc) is 1.88. The van der Waals surface area contributed by atoms with Crippen LogP contribution in [0.2, 0.25) is 0 Å². The standard InChI is InChI=1S/C8H16O2/c1-4-10-6-5-8(9)7(2)3/h5-9H,4H2,1-3H3/b6-5+. The molecule has 0 bridgehead atoms. The SMILES string of the molecule is CCO/C=C/C(O)C(C)C. The van der Waals surface area contributed by atoms with Crippen LogP contribution in [0.15, 0.2) is 12.3 Å². The minimum absolute atomic E-state index is 0.261. The molecule has 1 atom stereocenters. The molecule has 1 unspecified atom stereocenters. The molecular weight excluding hydrogens is 128 g/mol. The van der Waals surface area contributed by atoms with Gasteiger partial charge in [0, 0.05) is 0 Å². The van der Waals surface area contributed by atoms with Crippen molar-refractivity contribution in [2.45, 2.75) is 26.9 Å². The Kier molecular flexibility index (Phi) is 5.03. The van der Waals surface area contributed by atoms with E-state index in [1.165, 1.54) is 0 Å². The third-order valence-electron chi connectivity index (χ3n) is 1.22. The Morgan fingerprint density at radius 3 is 2.50 bits per heavy atom. The van der Waals surface area contributed by atoms with Crippen molar-refractivity contribution >= 4 is 0 Å². The quantitative estimate of drug-likeness (QED) is 0.607. The molecule has 0 saturated heterocycles. The van der Waals surface area contributed by atoms with E-state index in [2.05, 4.69) is 0 Å². The van der Waals surface area contributed by atoms with Crippen molar-refractivity contribution in [3.05, 3.63) is 12.3 Å². The van der Waals surface area contributed by atoms with E-state index in [9.17, 15) is 5.11 Å². The molecule has 2 heteroatoms. The monoisotopic (exact) mass is 144 g/mol. The van der Waals surface area contributed by atoms with Gasteiger partial charge in [0.1, 0.15) is 0 Å². The summed E-state index contributed by atoms with van der Waals surface area (Å²) >= 11 is 0. The van der Waals surface area contributed by atoms with E-state index < -0.39 is 0 Å². The van der Waals surface area contributed by atoms with E-state index in [-0.39, 0.29) is 12.0 Å². The van der Waals surface area contributed by atoms with Crippen LogP contribution in [0.1, 0.15) is 20.8 Å². The van der Waals surface area contributed by atoms with Crippen LogP contribution in [0.3, 0.4) is 0 Å². The first-order valence-electron chi connectivity index (χ1n) is 3.64. The Hall–Kier alpha value is -0.500. The molecule has 0 aliphatic heterocycles. The molecule has 0 aliphatic rings. The van der Waals surface area contributed by atoms with Crippen LogP contribution in [0.4, 0.5) is 0 Å². The highest BCUT2D eigenvalue weighted by Crippen LogP contribution is 2.01. The lowest BCUT2D eigenvalue weighted by Crippen LogP contribution is -2.10. The first-order valence-corrected chi connectivity index (χ1v) is 3.64. The summed E-state index contributed by atoms with van der Waals surface area (Å²) in [6.07, 6.45) is 2.82. The van der Waals surface area contributed by atoms with Gasteiger partial charge in [-0.15, -0.1) is 0 Å². The van der Waals surface area contributed by atoms with Crippen molar-refractivity contribution in [1.82, 2.24) is 0 Å². The third kappa shape index (κ3) is 4.39. The molecule has 0 radical (unpaired) electrons. The molecule has 0 fully saturated rings. The van der Waals surface area contributed by atoms with Gasteiger partial charge in [0.05, 0.1) is 19.0 Å². The number of aliphatic hydroxyl groups is 1. The maximum Gasteiger partial charge on any atom is 0.0845 e. The van der Waals surface area contributed by atoms with Gasteiger partial charge in [-0.05, 0) is 18.9 Å². The fraction of sp³-hybridized carbons (Fsp3) is 0.750. The normalized spacial score (nSPS) is 14.5. The Bertz CT molecular complexity index is 97.4. The fourth-order valence-electron chi connectivity index (χ4n) is 0.455. The van der Waals surface area contributed by atoms with Gasteiger partial charge in [-0.1, -0.05) is 13.8 Å². The lowest BCUT2D eigenvalue weighted by Gasteiger charge is -2.07.